The highest BCUT2D eigenvalue weighted by Crippen LogP contribution is 2.31. The molecule has 0 fully saturated rings. The van der Waals surface area contributed by atoms with Gasteiger partial charge in [-0.1, -0.05) is 0 Å². The summed E-state index contributed by atoms with van der Waals surface area (Å²) in [6.07, 6.45) is 5.30. The van der Waals surface area contributed by atoms with Gasteiger partial charge in [0.15, 0.2) is 5.82 Å². The summed E-state index contributed by atoms with van der Waals surface area (Å²) >= 11 is 0. The number of nitrogens with zero attached hydrogens (tertiary/aromatic N) is 6. The number of benzene rings is 2. The van der Waals surface area contributed by atoms with Crippen molar-refractivity contribution in [2.75, 3.05) is 6.54 Å². The van der Waals surface area contributed by atoms with Crippen molar-refractivity contribution >= 4 is 23.3 Å². The van der Waals surface area contributed by atoms with E-state index in [1.54, 1.807) is 60.0 Å². The maximum absolute atomic E-state index is 15.4. The van der Waals surface area contributed by atoms with Gasteiger partial charge in [-0.3, -0.25) is 13.8 Å². The summed E-state index contributed by atoms with van der Waals surface area (Å²) in [5.41, 5.74) is 3.22. The van der Waals surface area contributed by atoms with E-state index < -0.39 is 11.5 Å². The van der Waals surface area contributed by atoms with E-state index in [0.717, 1.165) is 17.8 Å². The number of imidazole rings is 1. The minimum absolute atomic E-state index is 0. The predicted molar refractivity (Wildman–Crippen MR) is 135 cm³/mol. The lowest BCUT2D eigenvalue weighted by atomic mass is 10.0. The molecule has 11 heteroatoms. The first-order chi connectivity index (χ1) is 16.8. The standard InChI is InChI=1S/C25H23F2N7O.ClH/c1-14-12-16(4-5-18(14)26)34-24(22-15(2)28-9-8-19(22)30-34)33-11-10-32(25(33)35)21-7-6-20-17(23(21)27)13-29-31(20)3;/h4-7,10-13,15,28H,8-9H2,1-3H3;1H/t15-;/m0./s1. The molecule has 0 aliphatic carbocycles. The van der Waals surface area contributed by atoms with Crippen LogP contribution in [-0.2, 0) is 13.5 Å². The van der Waals surface area contributed by atoms with Gasteiger partial charge in [0.1, 0.15) is 11.6 Å². The highest BCUT2D eigenvalue weighted by atomic mass is 35.5. The molecular formula is C25H24ClF2N7O. The molecule has 4 heterocycles. The van der Waals surface area contributed by atoms with Gasteiger partial charge in [0.05, 0.1) is 34.2 Å². The zero-order chi connectivity index (χ0) is 24.4. The SMILES string of the molecule is Cc1cc(-n2nc3c(c2-n2ccn(-c4ccc5c(cnn5C)c4F)c2=O)[C@H](C)NCC3)ccc1F.Cl. The quantitative estimate of drug-likeness (QED) is 0.398. The Morgan fingerprint density at radius 1 is 1.11 bits per heavy atom. The molecule has 0 amide bonds. The maximum Gasteiger partial charge on any atom is 0.338 e. The molecule has 1 atom stereocenters. The fraction of sp³-hybridized carbons (Fsp3) is 0.240. The minimum Gasteiger partial charge on any atom is -0.310 e. The molecule has 5 aromatic rings. The molecule has 3 aromatic heterocycles. The molecule has 36 heavy (non-hydrogen) atoms. The summed E-state index contributed by atoms with van der Waals surface area (Å²) in [4.78, 5) is 13.7. The second-order valence-electron chi connectivity index (χ2n) is 8.88. The van der Waals surface area contributed by atoms with Gasteiger partial charge in [-0.05, 0) is 49.7 Å². The minimum atomic E-state index is -0.518. The Balaban J connectivity index is 0.00000267. The van der Waals surface area contributed by atoms with Crippen LogP contribution in [0, 0.1) is 18.6 Å². The van der Waals surface area contributed by atoms with Crippen molar-refractivity contribution in [2.24, 2.45) is 7.05 Å². The summed E-state index contributed by atoms with van der Waals surface area (Å²) in [5.74, 6) is -0.278. The lowest BCUT2D eigenvalue weighted by Crippen LogP contribution is -2.30. The molecule has 186 valence electrons. The van der Waals surface area contributed by atoms with Gasteiger partial charge in [-0.2, -0.15) is 10.2 Å². The van der Waals surface area contributed by atoms with Crippen molar-refractivity contribution < 1.29 is 8.78 Å². The zero-order valence-corrected chi connectivity index (χ0v) is 20.7. The molecule has 1 aliphatic heterocycles. The fourth-order valence-electron chi connectivity index (χ4n) is 4.87. The molecular weight excluding hydrogens is 488 g/mol. The van der Waals surface area contributed by atoms with E-state index in [1.807, 2.05) is 6.92 Å². The van der Waals surface area contributed by atoms with Crippen molar-refractivity contribution in [3.63, 3.8) is 0 Å². The number of hydrogen-bond acceptors (Lipinski definition) is 4. The van der Waals surface area contributed by atoms with Gasteiger partial charge in [0.25, 0.3) is 0 Å². The maximum atomic E-state index is 15.4. The van der Waals surface area contributed by atoms with E-state index in [2.05, 4.69) is 10.4 Å². The van der Waals surface area contributed by atoms with Crippen LogP contribution < -0.4 is 11.0 Å². The van der Waals surface area contributed by atoms with Crippen LogP contribution in [-0.4, -0.2) is 35.2 Å². The third kappa shape index (κ3) is 3.48. The third-order valence-electron chi connectivity index (χ3n) is 6.71. The van der Waals surface area contributed by atoms with Gasteiger partial charge < -0.3 is 5.32 Å². The second-order valence-corrected chi connectivity index (χ2v) is 8.88. The Morgan fingerprint density at radius 2 is 1.89 bits per heavy atom. The number of fused-ring (bicyclic) bond motifs is 2. The average molecular weight is 512 g/mol. The van der Waals surface area contributed by atoms with Gasteiger partial charge in [-0.15, -0.1) is 12.4 Å². The van der Waals surface area contributed by atoms with E-state index in [0.29, 0.717) is 34.4 Å². The Kier molecular flexibility index (Phi) is 5.80. The first-order valence-corrected chi connectivity index (χ1v) is 11.4. The number of aryl methyl sites for hydroxylation is 2. The molecule has 6 rings (SSSR count). The Morgan fingerprint density at radius 3 is 2.67 bits per heavy atom. The lowest BCUT2D eigenvalue weighted by molar-refractivity contribution is 0.536. The van der Waals surface area contributed by atoms with Crippen molar-refractivity contribution in [3.05, 3.63) is 87.9 Å². The molecule has 0 spiro atoms. The Bertz CT molecular complexity index is 1680. The first kappa shape index (κ1) is 24.0. The first-order valence-electron chi connectivity index (χ1n) is 11.4. The topological polar surface area (TPSA) is 74.6 Å². The molecule has 1 N–H and O–H groups in total. The third-order valence-corrected chi connectivity index (χ3v) is 6.71. The van der Waals surface area contributed by atoms with Crippen LogP contribution in [0.15, 0.2) is 53.7 Å². The van der Waals surface area contributed by atoms with Gasteiger partial charge in [-0.25, -0.2) is 18.3 Å². The van der Waals surface area contributed by atoms with Crippen molar-refractivity contribution in [1.82, 2.24) is 34.0 Å². The van der Waals surface area contributed by atoms with Crippen LogP contribution in [0.25, 0.3) is 28.1 Å². The molecule has 8 nitrogen and oxygen atoms in total. The van der Waals surface area contributed by atoms with Crippen LogP contribution in [0.3, 0.4) is 0 Å². The number of halogens is 3. The molecule has 2 aromatic carbocycles. The largest absolute Gasteiger partial charge is 0.338 e. The van der Waals surface area contributed by atoms with Gasteiger partial charge in [0.2, 0.25) is 0 Å². The highest BCUT2D eigenvalue weighted by molar-refractivity contribution is 5.85. The number of rotatable bonds is 3. The summed E-state index contributed by atoms with van der Waals surface area (Å²) in [6, 6.07) is 7.99. The molecule has 0 saturated carbocycles. The number of nitrogens with one attached hydrogen (secondary N) is 1. The Labute approximate surface area is 211 Å². The molecule has 0 saturated heterocycles. The van der Waals surface area contributed by atoms with E-state index in [1.165, 1.54) is 21.4 Å². The average Bonchev–Trinajstić information content (AvgIpc) is 3.52. The van der Waals surface area contributed by atoms with Crippen LogP contribution in [0.1, 0.15) is 29.8 Å². The second kappa shape index (κ2) is 8.72. The lowest BCUT2D eigenvalue weighted by Gasteiger charge is -2.21. The van der Waals surface area contributed by atoms with E-state index in [4.69, 9.17) is 5.10 Å². The van der Waals surface area contributed by atoms with E-state index in [9.17, 15) is 9.18 Å². The Hall–Kier alpha value is -3.76. The van der Waals surface area contributed by atoms with Gasteiger partial charge in [0, 0.05) is 44.0 Å². The smallest absolute Gasteiger partial charge is 0.310 e. The van der Waals surface area contributed by atoms with E-state index >= 15 is 4.39 Å². The van der Waals surface area contributed by atoms with E-state index in [-0.39, 0.29) is 30.0 Å². The van der Waals surface area contributed by atoms with Crippen molar-refractivity contribution in [3.8, 4) is 17.2 Å². The molecule has 0 bridgehead atoms. The summed E-state index contributed by atoms with van der Waals surface area (Å²) in [6.45, 7) is 4.47. The molecule has 0 unspecified atom stereocenters. The highest BCUT2D eigenvalue weighted by Gasteiger charge is 2.29. The van der Waals surface area contributed by atoms with Gasteiger partial charge >= 0.3 is 5.69 Å². The zero-order valence-electron chi connectivity index (χ0n) is 19.9. The molecule has 0 radical (unpaired) electrons. The predicted octanol–water partition coefficient (Wildman–Crippen LogP) is 3.92. The van der Waals surface area contributed by atoms with Crippen LogP contribution in [0.5, 0.6) is 0 Å². The number of aromatic nitrogens is 6. The van der Waals surface area contributed by atoms with Crippen LogP contribution >= 0.6 is 12.4 Å². The van der Waals surface area contributed by atoms with Crippen molar-refractivity contribution in [2.45, 2.75) is 26.3 Å². The summed E-state index contributed by atoms with van der Waals surface area (Å²) in [7, 11) is 1.74. The van der Waals surface area contributed by atoms with Crippen molar-refractivity contribution in [1.29, 1.82) is 0 Å². The molecule has 1 aliphatic rings. The monoisotopic (exact) mass is 511 g/mol. The fourth-order valence-corrected chi connectivity index (χ4v) is 4.87. The summed E-state index contributed by atoms with van der Waals surface area (Å²) in [5, 5.41) is 12.7. The summed E-state index contributed by atoms with van der Waals surface area (Å²) < 4.78 is 35.4. The number of hydrogen-bond donors (Lipinski definition) is 1. The normalized spacial score (nSPS) is 15.2. The van der Waals surface area contributed by atoms with Crippen LogP contribution in [0.2, 0.25) is 0 Å². The van der Waals surface area contributed by atoms with Crippen LogP contribution in [0.4, 0.5) is 8.78 Å².